The largest absolute Gasteiger partial charge is 0.508 e. The Morgan fingerprint density at radius 1 is 1.11 bits per heavy atom. The zero-order valence-electron chi connectivity index (χ0n) is 10.3. The number of benzene rings is 1. The highest BCUT2D eigenvalue weighted by molar-refractivity contribution is 5.59. The fraction of sp³-hybridized carbons (Fsp3) is 0.333. The molecule has 0 aliphatic carbocycles. The van der Waals surface area contributed by atoms with Crippen LogP contribution in [0.15, 0.2) is 22.7 Å². The van der Waals surface area contributed by atoms with Crippen LogP contribution in [0.3, 0.4) is 0 Å². The van der Waals surface area contributed by atoms with Crippen molar-refractivity contribution in [2.75, 3.05) is 18.0 Å². The summed E-state index contributed by atoms with van der Waals surface area (Å²) in [5.41, 5.74) is 0.485. The summed E-state index contributed by atoms with van der Waals surface area (Å²) in [5, 5.41) is 22.7. The maximum atomic E-state index is 9.40. The number of hydrogen-bond acceptors (Lipinski definition) is 6. The molecular formula is C12H15N3O3. The van der Waals surface area contributed by atoms with Gasteiger partial charge in [0.1, 0.15) is 11.5 Å². The highest BCUT2D eigenvalue weighted by atomic mass is 16.5. The molecule has 2 rings (SSSR count). The maximum Gasteiger partial charge on any atom is 0.266 e. The lowest BCUT2D eigenvalue weighted by molar-refractivity contribution is 0.426. The third-order valence-electron chi connectivity index (χ3n) is 2.61. The molecule has 0 bridgehead atoms. The van der Waals surface area contributed by atoms with Crippen LogP contribution in [0.2, 0.25) is 0 Å². The van der Waals surface area contributed by atoms with E-state index in [2.05, 4.69) is 10.1 Å². The number of anilines is 1. The van der Waals surface area contributed by atoms with E-state index in [0.29, 0.717) is 11.5 Å². The van der Waals surface area contributed by atoms with Gasteiger partial charge in [-0.15, -0.1) is 0 Å². The summed E-state index contributed by atoms with van der Waals surface area (Å²) in [6.07, 6.45) is 0. The summed E-state index contributed by atoms with van der Waals surface area (Å²) in [6.45, 7) is 5.56. The molecule has 1 heterocycles. The van der Waals surface area contributed by atoms with Gasteiger partial charge < -0.3 is 19.6 Å². The lowest BCUT2D eigenvalue weighted by Crippen LogP contribution is -2.22. The van der Waals surface area contributed by atoms with E-state index in [-0.39, 0.29) is 17.4 Å². The molecule has 0 fully saturated rings. The normalized spacial score (nSPS) is 10.6. The Bertz CT molecular complexity index is 515. The number of rotatable bonds is 4. The maximum absolute atomic E-state index is 9.40. The number of aromatic hydroxyl groups is 2. The first-order chi connectivity index (χ1) is 8.63. The molecular weight excluding hydrogens is 234 g/mol. The third kappa shape index (κ3) is 2.37. The molecule has 0 radical (unpaired) electrons. The minimum Gasteiger partial charge on any atom is -0.508 e. The molecule has 0 unspecified atom stereocenters. The number of phenolic OH excluding ortho intramolecular Hbond substituents is 2. The van der Waals surface area contributed by atoms with Crippen molar-refractivity contribution in [2.24, 2.45) is 0 Å². The Morgan fingerprint density at radius 3 is 2.28 bits per heavy atom. The van der Waals surface area contributed by atoms with E-state index in [1.165, 1.54) is 18.2 Å². The quantitative estimate of drug-likeness (QED) is 0.862. The molecule has 96 valence electrons. The van der Waals surface area contributed by atoms with Crippen LogP contribution in [0, 0.1) is 0 Å². The Kier molecular flexibility index (Phi) is 3.36. The van der Waals surface area contributed by atoms with Gasteiger partial charge in [-0.2, -0.15) is 4.98 Å². The number of nitrogens with zero attached hydrogens (tertiary/aromatic N) is 3. The van der Waals surface area contributed by atoms with Crippen molar-refractivity contribution in [1.82, 2.24) is 10.1 Å². The highest BCUT2D eigenvalue weighted by Gasteiger charge is 2.13. The second-order valence-electron chi connectivity index (χ2n) is 3.81. The van der Waals surface area contributed by atoms with Crippen molar-refractivity contribution in [3.05, 3.63) is 18.2 Å². The number of phenols is 2. The van der Waals surface area contributed by atoms with E-state index in [4.69, 9.17) is 4.52 Å². The summed E-state index contributed by atoms with van der Waals surface area (Å²) >= 11 is 0. The molecule has 0 saturated heterocycles. The topological polar surface area (TPSA) is 82.6 Å². The molecule has 0 aliphatic heterocycles. The van der Waals surface area contributed by atoms with E-state index < -0.39 is 0 Å². The first-order valence-corrected chi connectivity index (χ1v) is 5.76. The molecule has 2 N–H and O–H groups in total. The van der Waals surface area contributed by atoms with Crippen molar-refractivity contribution in [2.45, 2.75) is 13.8 Å². The zero-order chi connectivity index (χ0) is 13.1. The summed E-state index contributed by atoms with van der Waals surface area (Å²) < 4.78 is 5.12. The van der Waals surface area contributed by atoms with Gasteiger partial charge in [0, 0.05) is 24.7 Å². The summed E-state index contributed by atoms with van der Waals surface area (Å²) in [7, 11) is 0. The summed E-state index contributed by atoms with van der Waals surface area (Å²) in [6, 6.07) is 4.16. The molecule has 0 aliphatic rings. The first kappa shape index (κ1) is 12.2. The average Bonchev–Trinajstić information content (AvgIpc) is 2.79. The Hall–Kier alpha value is -2.24. The van der Waals surface area contributed by atoms with Crippen LogP contribution in [0.4, 0.5) is 5.95 Å². The van der Waals surface area contributed by atoms with Gasteiger partial charge in [0.15, 0.2) is 0 Å². The second kappa shape index (κ2) is 4.95. The van der Waals surface area contributed by atoms with E-state index in [1.807, 2.05) is 18.7 Å². The molecule has 6 heteroatoms. The van der Waals surface area contributed by atoms with E-state index in [0.717, 1.165) is 13.1 Å². The molecule has 0 spiro atoms. The molecule has 18 heavy (non-hydrogen) atoms. The molecule has 2 aromatic rings. The van der Waals surface area contributed by atoms with Crippen LogP contribution in [-0.4, -0.2) is 33.4 Å². The van der Waals surface area contributed by atoms with Crippen molar-refractivity contribution in [3.8, 4) is 23.0 Å². The van der Waals surface area contributed by atoms with Gasteiger partial charge in [0.05, 0.1) is 0 Å². The summed E-state index contributed by atoms with van der Waals surface area (Å²) in [4.78, 5) is 6.17. The molecule has 0 atom stereocenters. The van der Waals surface area contributed by atoms with Crippen molar-refractivity contribution >= 4 is 5.95 Å². The Balaban J connectivity index is 2.34. The smallest absolute Gasteiger partial charge is 0.266 e. The summed E-state index contributed by atoms with van der Waals surface area (Å²) in [5.74, 6) is 0.668. The van der Waals surface area contributed by atoms with Crippen LogP contribution >= 0.6 is 0 Å². The fourth-order valence-electron chi connectivity index (χ4n) is 1.69. The van der Waals surface area contributed by atoms with Crippen LogP contribution in [0.25, 0.3) is 11.5 Å². The number of hydrogen-bond donors (Lipinski definition) is 2. The molecule has 6 nitrogen and oxygen atoms in total. The van der Waals surface area contributed by atoms with Gasteiger partial charge >= 0.3 is 0 Å². The van der Waals surface area contributed by atoms with Crippen LogP contribution < -0.4 is 4.90 Å². The van der Waals surface area contributed by atoms with Gasteiger partial charge in [-0.1, -0.05) is 0 Å². The second-order valence-corrected chi connectivity index (χ2v) is 3.81. The SMILES string of the molecule is CCN(CC)c1noc(-c2cc(O)cc(O)c2)n1. The average molecular weight is 249 g/mol. The van der Waals surface area contributed by atoms with Crippen LogP contribution in [0.5, 0.6) is 11.5 Å². The van der Waals surface area contributed by atoms with Gasteiger partial charge in [-0.25, -0.2) is 0 Å². The molecule has 0 saturated carbocycles. The van der Waals surface area contributed by atoms with Crippen molar-refractivity contribution in [3.63, 3.8) is 0 Å². The lowest BCUT2D eigenvalue weighted by atomic mass is 10.2. The van der Waals surface area contributed by atoms with Crippen molar-refractivity contribution < 1.29 is 14.7 Å². The Morgan fingerprint density at radius 2 is 1.72 bits per heavy atom. The van der Waals surface area contributed by atoms with E-state index in [9.17, 15) is 10.2 Å². The first-order valence-electron chi connectivity index (χ1n) is 5.76. The van der Waals surface area contributed by atoms with E-state index >= 15 is 0 Å². The number of aromatic nitrogens is 2. The van der Waals surface area contributed by atoms with Crippen LogP contribution in [0.1, 0.15) is 13.8 Å². The molecule has 1 aromatic heterocycles. The van der Waals surface area contributed by atoms with Gasteiger partial charge in [-0.05, 0) is 31.1 Å². The zero-order valence-corrected chi connectivity index (χ0v) is 10.3. The van der Waals surface area contributed by atoms with Crippen molar-refractivity contribution in [1.29, 1.82) is 0 Å². The fourth-order valence-corrected chi connectivity index (χ4v) is 1.69. The predicted molar refractivity (Wildman–Crippen MR) is 66.6 cm³/mol. The van der Waals surface area contributed by atoms with E-state index in [1.54, 1.807) is 0 Å². The Labute approximate surface area is 104 Å². The third-order valence-corrected chi connectivity index (χ3v) is 2.61. The van der Waals surface area contributed by atoms with Gasteiger partial charge in [0.2, 0.25) is 0 Å². The minimum atomic E-state index is -0.0485. The monoisotopic (exact) mass is 249 g/mol. The van der Waals surface area contributed by atoms with Gasteiger partial charge in [0.25, 0.3) is 11.8 Å². The standard InChI is InChI=1S/C12H15N3O3/c1-3-15(4-2)12-13-11(18-14-12)8-5-9(16)7-10(17)6-8/h5-7,16-17H,3-4H2,1-2H3. The lowest BCUT2D eigenvalue weighted by Gasteiger charge is -2.14. The van der Waals surface area contributed by atoms with Crippen LogP contribution in [-0.2, 0) is 0 Å². The predicted octanol–water partition coefficient (Wildman–Crippen LogP) is 1.99. The minimum absolute atomic E-state index is 0.0485. The molecule has 1 aromatic carbocycles. The van der Waals surface area contributed by atoms with Gasteiger partial charge in [-0.3, -0.25) is 0 Å². The highest BCUT2D eigenvalue weighted by Crippen LogP contribution is 2.28. The molecule has 0 amide bonds.